The number of benzene rings is 1. The summed E-state index contributed by atoms with van der Waals surface area (Å²) in [4.78, 5) is 13.5. The van der Waals surface area contributed by atoms with Gasteiger partial charge in [0.15, 0.2) is 0 Å². The van der Waals surface area contributed by atoms with Crippen LogP contribution in [0.4, 0.5) is 4.39 Å². The second kappa shape index (κ2) is 10.1. The first-order valence-corrected chi connectivity index (χ1v) is 6.93. The van der Waals surface area contributed by atoms with Crippen molar-refractivity contribution in [3.63, 3.8) is 0 Å². The van der Waals surface area contributed by atoms with Crippen LogP contribution in [0, 0.1) is 5.82 Å². The highest BCUT2D eigenvalue weighted by Gasteiger charge is 2.12. The Labute approximate surface area is 124 Å². The summed E-state index contributed by atoms with van der Waals surface area (Å²) in [6, 6.07) is 5.75. The van der Waals surface area contributed by atoms with Gasteiger partial charge in [0.2, 0.25) is 5.91 Å². The summed E-state index contributed by atoms with van der Waals surface area (Å²) < 4.78 is 23.1. The van der Waals surface area contributed by atoms with Crippen LogP contribution in [0.1, 0.15) is 12.8 Å². The van der Waals surface area contributed by atoms with E-state index in [1.807, 2.05) is 0 Å². The average molecular weight is 299 g/mol. The van der Waals surface area contributed by atoms with Crippen LogP contribution in [-0.2, 0) is 9.53 Å². The molecule has 0 unspecified atom stereocenters. The Balaban J connectivity index is 2.26. The highest BCUT2D eigenvalue weighted by atomic mass is 19.1. The van der Waals surface area contributed by atoms with Crippen molar-refractivity contribution < 1.29 is 23.8 Å². The number of aliphatic hydroxyl groups excluding tert-OH is 1. The van der Waals surface area contributed by atoms with Crippen molar-refractivity contribution in [2.24, 2.45) is 0 Å². The van der Waals surface area contributed by atoms with Crippen molar-refractivity contribution in [1.29, 1.82) is 0 Å². The van der Waals surface area contributed by atoms with E-state index in [1.165, 1.54) is 12.1 Å². The Bertz CT molecular complexity index is 411. The zero-order valence-electron chi connectivity index (χ0n) is 12.3. The lowest BCUT2D eigenvalue weighted by Gasteiger charge is -2.21. The van der Waals surface area contributed by atoms with Crippen molar-refractivity contribution in [2.75, 3.05) is 40.0 Å². The SMILES string of the molecule is COCCN(CCO)C(=O)CCCOc1ccc(F)cc1. The fourth-order valence-electron chi connectivity index (χ4n) is 1.79. The van der Waals surface area contributed by atoms with E-state index in [2.05, 4.69) is 0 Å². The molecule has 21 heavy (non-hydrogen) atoms. The zero-order chi connectivity index (χ0) is 15.5. The van der Waals surface area contributed by atoms with Crippen molar-refractivity contribution in [3.05, 3.63) is 30.1 Å². The number of halogens is 1. The van der Waals surface area contributed by atoms with E-state index in [4.69, 9.17) is 14.6 Å². The Morgan fingerprint density at radius 2 is 1.95 bits per heavy atom. The summed E-state index contributed by atoms with van der Waals surface area (Å²) in [5, 5.41) is 8.94. The summed E-state index contributed by atoms with van der Waals surface area (Å²) in [6.07, 6.45) is 0.899. The quantitative estimate of drug-likeness (QED) is 0.664. The molecule has 1 amide bonds. The van der Waals surface area contributed by atoms with Gasteiger partial charge in [-0.05, 0) is 30.7 Å². The summed E-state index contributed by atoms with van der Waals surface area (Å²) in [5.41, 5.74) is 0. The largest absolute Gasteiger partial charge is 0.494 e. The maximum Gasteiger partial charge on any atom is 0.222 e. The summed E-state index contributed by atoms with van der Waals surface area (Å²) >= 11 is 0. The maximum atomic E-state index is 12.7. The number of amides is 1. The van der Waals surface area contributed by atoms with Crippen LogP contribution in [0.3, 0.4) is 0 Å². The van der Waals surface area contributed by atoms with Gasteiger partial charge >= 0.3 is 0 Å². The molecular weight excluding hydrogens is 277 g/mol. The molecule has 0 aliphatic heterocycles. The molecule has 5 nitrogen and oxygen atoms in total. The third kappa shape index (κ3) is 7.06. The number of hydrogen-bond acceptors (Lipinski definition) is 4. The van der Waals surface area contributed by atoms with Gasteiger partial charge in [-0.2, -0.15) is 0 Å². The number of carbonyl (C=O) groups is 1. The van der Waals surface area contributed by atoms with Crippen molar-refractivity contribution in [3.8, 4) is 5.75 Å². The Kier molecular flexibility index (Phi) is 8.38. The second-order valence-corrected chi connectivity index (χ2v) is 4.50. The van der Waals surface area contributed by atoms with Gasteiger partial charge in [0.1, 0.15) is 11.6 Å². The smallest absolute Gasteiger partial charge is 0.222 e. The van der Waals surface area contributed by atoms with E-state index in [1.54, 1.807) is 24.1 Å². The second-order valence-electron chi connectivity index (χ2n) is 4.50. The molecule has 0 spiro atoms. The van der Waals surface area contributed by atoms with E-state index >= 15 is 0 Å². The number of carbonyl (C=O) groups excluding carboxylic acids is 1. The molecule has 0 aliphatic rings. The lowest BCUT2D eigenvalue weighted by Crippen LogP contribution is -2.36. The molecule has 6 heteroatoms. The Morgan fingerprint density at radius 3 is 2.57 bits per heavy atom. The summed E-state index contributed by atoms with van der Waals surface area (Å²) in [7, 11) is 1.57. The topological polar surface area (TPSA) is 59.0 Å². The van der Waals surface area contributed by atoms with Crippen LogP contribution in [-0.4, -0.2) is 55.9 Å². The molecule has 118 valence electrons. The lowest BCUT2D eigenvalue weighted by molar-refractivity contribution is -0.132. The third-order valence-electron chi connectivity index (χ3n) is 2.91. The number of methoxy groups -OCH3 is 1. The monoisotopic (exact) mass is 299 g/mol. The highest BCUT2D eigenvalue weighted by Crippen LogP contribution is 2.11. The predicted octanol–water partition coefficient (Wildman–Crippen LogP) is 1.45. The van der Waals surface area contributed by atoms with Gasteiger partial charge in [-0.1, -0.05) is 0 Å². The maximum absolute atomic E-state index is 12.7. The van der Waals surface area contributed by atoms with E-state index in [9.17, 15) is 9.18 Å². The molecule has 0 atom stereocenters. The normalized spacial score (nSPS) is 10.4. The first-order chi connectivity index (χ1) is 10.2. The fraction of sp³-hybridized carbons (Fsp3) is 0.533. The minimum absolute atomic E-state index is 0.0381. The van der Waals surface area contributed by atoms with Crippen LogP contribution in [0.15, 0.2) is 24.3 Å². The molecule has 0 bridgehead atoms. The standard InChI is InChI=1S/C15H22FNO4/c1-20-12-9-17(8-10-18)15(19)3-2-11-21-14-6-4-13(16)5-7-14/h4-7,18H,2-3,8-12H2,1H3. The molecule has 1 N–H and O–H groups in total. The fourth-order valence-corrected chi connectivity index (χ4v) is 1.79. The average Bonchev–Trinajstić information content (AvgIpc) is 2.49. The predicted molar refractivity (Wildman–Crippen MR) is 76.7 cm³/mol. The Hall–Kier alpha value is -1.66. The van der Waals surface area contributed by atoms with Crippen LogP contribution in [0.25, 0.3) is 0 Å². The minimum atomic E-state index is -0.310. The van der Waals surface area contributed by atoms with E-state index in [0.29, 0.717) is 44.9 Å². The van der Waals surface area contributed by atoms with Gasteiger partial charge in [0.05, 0.1) is 19.8 Å². The number of rotatable bonds is 10. The molecule has 0 radical (unpaired) electrons. The van der Waals surface area contributed by atoms with Crippen molar-refractivity contribution in [1.82, 2.24) is 4.90 Å². The van der Waals surface area contributed by atoms with Gasteiger partial charge < -0.3 is 19.5 Å². The van der Waals surface area contributed by atoms with E-state index in [-0.39, 0.29) is 18.3 Å². The molecule has 0 fully saturated rings. The molecule has 0 aromatic heterocycles. The number of ether oxygens (including phenoxy) is 2. The van der Waals surface area contributed by atoms with Gasteiger partial charge in [-0.15, -0.1) is 0 Å². The number of aliphatic hydroxyl groups is 1. The van der Waals surface area contributed by atoms with Gasteiger partial charge in [-0.25, -0.2) is 4.39 Å². The van der Waals surface area contributed by atoms with Gasteiger partial charge in [0, 0.05) is 26.6 Å². The molecule has 1 rings (SSSR count). The van der Waals surface area contributed by atoms with Crippen LogP contribution >= 0.6 is 0 Å². The molecule has 1 aromatic rings. The first-order valence-electron chi connectivity index (χ1n) is 6.93. The number of hydrogen-bond donors (Lipinski definition) is 1. The first kappa shape index (κ1) is 17.4. The Morgan fingerprint density at radius 1 is 1.24 bits per heavy atom. The lowest BCUT2D eigenvalue weighted by atomic mass is 10.2. The molecule has 1 aromatic carbocycles. The van der Waals surface area contributed by atoms with Crippen LogP contribution in [0.5, 0.6) is 5.75 Å². The number of nitrogens with zero attached hydrogens (tertiary/aromatic N) is 1. The van der Waals surface area contributed by atoms with Crippen molar-refractivity contribution in [2.45, 2.75) is 12.8 Å². The van der Waals surface area contributed by atoms with Crippen LogP contribution in [0.2, 0.25) is 0 Å². The molecule has 0 aliphatic carbocycles. The summed E-state index contributed by atoms with van der Waals surface area (Å²) in [6.45, 7) is 1.53. The van der Waals surface area contributed by atoms with Crippen LogP contribution < -0.4 is 4.74 Å². The van der Waals surface area contributed by atoms with Gasteiger partial charge in [0.25, 0.3) is 0 Å². The van der Waals surface area contributed by atoms with E-state index in [0.717, 1.165) is 0 Å². The molecule has 0 heterocycles. The molecule has 0 saturated heterocycles. The third-order valence-corrected chi connectivity index (χ3v) is 2.91. The van der Waals surface area contributed by atoms with Gasteiger partial charge in [-0.3, -0.25) is 4.79 Å². The highest BCUT2D eigenvalue weighted by molar-refractivity contribution is 5.76. The van der Waals surface area contributed by atoms with E-state index < -0.39 is 0 Å². The molecule has 0 saturated carbocycles. The minimum Gasteiger partial charge on any atom is -0.494 e. The zero-order valence-corrected chi connectivity index (χ0v) is 12.3. The van der Waals surface area contributed by atoms with Crippen molar-refractivity contribution >= 4 is 5.91 Å². The molecular formula is C15H22FNO4. The summed E-state index contributed by atoms with van der Waals surface area (Å²) in [5.74, 6) is 0.231.